The van der Waals surface area contributed by atoms with E-state index in [1.165, 1.54) is 53.6 Å². The summed E-state index contributed by atoms with van der Waals surface area (Å²) in [5.74, 6) is 0.881. The van der Waals surface area contributed by atoms with Gasteiger partial charge in [0, 0.05) is 47.4 Å². The van der Waals surface area contributed by atoms with Crippen molar-refractivity contribution in [1.82, 2.24) is 0 Å². The number of fused-ring (bicyclic) bond motifs is 18. The van der Waals surface area contributed by atoms with E-state index in [0.717, 1.165) is 33.6 Å². The zero-order valence-corrected chi connectivity index (χ0v) is 26.7. The second-order valence-corrected chi connectivity index (χ2v) is 14.3. The van der Waals surface area contributed by atoms with Crippen molar-refractivity contribution in [3.8, 4) is 28.0 Å². The Bertz CT molecular complexity index is 2550. The molecule has 0 saturated carbocycles. The molecule has 0 fully saturated rings. The Morgan fingerprint density at radius 3 is 1.68 bits per heavy atom. The van der Waals surface area contributed by atoms with E-state index in [9.17, 15) is 0 Å². The number of hydrogen-bond acceptors (Lipinski definition) is 2. The minimum Gasteiger partial charge on any atom is -0.472 e. The van der Waals surface area contributed by atoms with E-state index in [1.54, 1.807) is 0 Å². The Morgan fingerprint density at radius 2 is 1.00 bits per heavy atom. The summed E-state index contributed by atoms with van der Waals surface area (Å²) in [6, 6.07) is 55.2. The normalized spacial score (nSPS) is 15.4. The molecule has 0 radical (unpaired) electrons. The molecule has 3 aliphatic rings. The van der Waals surface area contributed by atoms with Crippen LogP contribution < -0.4 is 4.74 Å². The molecule has 0 saturated heterocycles. The van der Waals surface area contributed by atoms with Crippen LogP contribution in [0.15, 0.2) is 152 Å². The number of halogens is 1. The fourth-order valence-electron chi connectivity index (χ4n) is 9.09. The molecule has 1 aliphatic heterocycles. The minimum absolute atomic E-state index is 0.508. The van der Waals surface area contributed by atoms with Crippen molar-refractivity contribution in [2.75, 3.05) is 0 Å². The smallest absolute Gasteiger partial charge is 0.187 e. The summed E-state index contributed by atoms with van der Waals surface area (Å²) in [4.78, 5) is 0. The third kappa shape index (κ3) is 3.02. The molecular weight excluding hydrogens is 612 g/mol. The standard InChI is InChI=1S/C44H25ClOS/c45-38-22-11-15-29-30-24-31-28-14-3-10-23-40(28)47-41(31)25-39(30)46-44(42(29)38)36-20-8-6-18-34(36)43(35-19-7-9-21-37(35)44)32-16-4-1-12-26(32)27-13-2-5-17-33(27)43/h1-25H. The van der Waals surface area contributed by atoms with E-state index < -0.39 is 11.0 Å². The zero-order valence-electron chi connectivity index (χ0n) is 25.1. The van der Waals surface area contributed by atoms with Crippen LogP contribution in [-0.2, 0) is 11.0 Å². The van der Waals surface area contributed by atoms with Gasteiger partial charge in [-0.05, 0) is 63.2 Å². The highest BCUT2D eigenvalue weighted by atomic mass is 35.5. The number of rotatable bonds is 0. The van der Waals surface area contributed by atoms with E-state index in [-0.39, 0.29) is 0 Å². The summed E-state index contributed by atoms with van der Waals surface area (Å²) in [6.07, 6.45) is 0. The van der Waals surface area contributed by atoms with Gasteiger partial charge in [-0.15, -0.1) is 11.3 Å². The summed E-state index contributed by atoms with van der Waals surface area (Å²) in [6.45, 7) is 0. The molecule has 0 N–H and O–H groups in total. The fourth-order valence-corrected chi connectivity index (χ4v) is 10.5. The Morgan fingerprint density at radius 1 is 0.447 bits per heavy atom. The van der Waals surface area contributed by atoms with E-state index in [0.29, 0.717) is 5.02 Å². The molecule has 1 aromatic heterocycles. The van der Waals surface area contributed by atoms with Gasteiger partial charge in [0.05, 0.1) is 5.41 Å². The second-order valence-electron chi connectivity index (χ2n) is 12.8. The first-order valence-electron chi connectivity index (χ1n) is 16.0. The van der Waals surface area contributed by atoms with Crippen LogP contribution in [0.1, 0.15) is 38.9 Å². The third-order valence-electron chi connectivity index (χ3n) is 10.8. The van der Waals surface area contributed by atoms with Gasteiger partial charge in [0.1, 0.15) is 5.75 Å². The lowest BCUT2D eigenvalue weighted by Gasteiger charge is -2.51. The lowest BCUT2D eigenvalue weighted by atomic mass is 9.56. The van der Waals surface area contributed by atoms with Gasteiger partial charge in [0.25, 0.3) is 0 Å². The molecule has 2 aliphatic carbocycles. The summed E-state index contributed by atoms with van der Waals surface area (Å²) in [7, 11) is 0. The minimum atomic E-state index is -0.962. The van der Waals surface area contributed by atoms with Crippen molar-refractivity contribution >= 4 is 43.1 Å². The second kappa shape index (κ2) is 9.01. The molecule has 3 heteroatoms. The van der Waals surface area contributed by atoms with Gasteiger partial charge in [-0.3, -0.25) is 0 Å². The van der Waals surface area contributed by atoms with Crippen LogP contribution in [-0.4, -0.2) is 0 Å². The summed E-state index contributed by atoms with van der Waals surface area (Å²) in [5, 5.41) is 3.22. The van der Waals surface area contributed by atoms with E-state index in [2.05, 4.69) is 146 Å². The molecule has 220 valence electrons. The molecule has 2 spiro atoms. The average molecular weight is 637 g/mol. The van der Waals surface area contributed by atoms with Gasteiger partial charge in [0.15, 0.2) is 5.60 Å². The van der Waals surface area contributed by atoms with Crippen molar-refractivity contribution in [1.29, 1.82) is 0 Å². The van der Waals surface area contributed by atoms with Gasteiger partial charge in [-0.2, -0.15) is 0 Å². The average Bonchev–Trinajstić information content (AvgIpc) is 3.63. The Labute approximate surface area is 281 Å². The van der Waals surface area contributed by atoms with Crippen LogP contribution in [0.2, 0.25) is 5.02 Å². The monoisotopic (exact) mass is 636 g/mol. The molecule has 0 atom stereocenters. The Kier molecular flexibility index (Phi) is 4.98. The summed E-state index contributed by atoms with van der Waals surface area (Å²) < 4.78 is 10.1. The molecule has 1 nitrogen and oxygen atoms in total. The molecule has 2 heterocycles. The molecule has 0 unspecified atom stereocenters. The zero-order chi connectivity index (χ0) is 30.9. The van der Waals surface area contributed by atoms with Crippen molar-refractivity contribution in [2.24, 2.45) is 0 Å². The van der Waals surface area contributed by atoms with Crippen LogP contribution in [0.5, 0.6) is 5.75 Å². The predicted octanol–water partition coefficient (Wildman–Crippen LogP) is 11.7. The SMILES string of the molecule is Clc1cccc2c1C1(Oc3cc4sc5ccccc5c4cc3-2)c2ccccc2C2(c3ccccc3-c3ccccc32)c2ccccc21. The van der Waals surface area contributed by atoms with Gasteiger partial charge >= 0.3 is 0 Å². The van der Waals surface area contributed by atoms with Gasteiger partial charge < -0.3 is 4.74 Å². The van der Waals surface area contributed by atoms with Gasteiger partial charge in [-0.1, -0.05) is 139 Å². The molecule has 11 rings (SSSR count). The van der Waals surface area contributed by atoms with Crippen LogP contribution >= 0.6 is 22.9 Å². The first kappa shape index (κ1) is 26.0. The maximum absolute atomic E-state index is 7.63. The Hall–Kier alpha value is -5.15. The maximum Gasteiger partial charge on any atom is 0.187 e. The van der Waals surface area contributed by atoms with Crippen molar-refractivity contribution in [2.45, 2.75) is 11.0 Å². The van der Waals surface area contributed by atoms with Crippen molar-refractivity contribution in [3.63, 3.8) is 0 Å². The molecule has 47 heavy (non-hydrogen) atoms. The Balaban J connectivity index is 1.30. The lowest BCUT2D eigenvalue weighted by molar-refractivity contribution is 0.145. The van der Waals surface area contributed by atoms with Crippen LogP contribution in [0.25, 0.3) is 42.4 Å². The number of ether oxygens (including phenoxy) is 1. The first-order valence-corrected chi connectivity index (χ1v) is 17.2. The maximum atomic E-state index is 7.63. The fraction of sp³-hybridized carbons (Fsp3) is 0.0455. The van der Waals surface area contributed by atoms with Gasteiger partial charge in [0.2, 0.25) is 0 Å². The highest BCUT2D eigenvalue weighted by molar-refractivity contribution is 7.25. The molecule has 7 aromatic carbocycles. The van der Waals surface area contributed by atoms with E-state index >= 15 is 0 Å². The number of benzene rings is 7. The van der Waals surface area contributed by atoms with Crippen LogP contribution in [0.4, 0.5) is 0 Å². The third-order valence-corrected chi connectivity index (χ3v) is 12.2. The van der Waals surface area contributed by atoms with Crippen LogP contribution in [0.3, 0.4) is 0 Å². The highest BCUT2D eigenvalue weighted by Gasteiger charge is 2.59. The lowest BCUT2D eigenvalue weighted by Crippen LogP contribution is -2.48. The molecule has 8 aromatic rings. The van der Waals surface area contributed by atoms with Gasteiger partial charge in [-0.25, -0.2) is 0 Å². The number of hydrogen-bond donors (Lipinski definition) is 0. The highest BCUT2D eigenvalue weighted by Crippen LogP contribution is 2.66. The van der Waals surface area contributed by atoms with Crippen molar-refractivity contribution < 1.29 is 4.74 Å². The van der Waals surface area contributed by atoms with E-state index in [4.69, 9.17) is 16.3 Å². The quantitative estimate of drug-likeness (QED) is 0.161. The first-order chi connectivity index (χ1) is 23.2. The van der Waals surface area contributed by atoms with Crippen molar-refractivity contribution in [3.05, 3.63) is 196 Å². The summed E-state index contributed by atoms with van der Waals surface area (Å²) >= 11 is 9.21. The van der Waals surface area contributed by atoms with E-state index in [1.807, 2.05) is 17.4 Å². The summed E-state index contributed by atoms with van der Waals surface area (Å²) in [5.41, 5.74) is 11.6. The molecular formula is C44H25ClOS. The largest absolute Gasteiger partial charge is 0.472 e. The predicted molar refractivity (Wildman–Crippen MR) is 194 cm³/mol. The number of thiophene rings is 1. The molecule has 0 amide bonds. The van der Waals surface area contributed by atoms with Crippen LogP contribution in [0, 0.1) is 0 Å². The molecule has 0 bridgehead atoms. The topological polar surface area (TPSA) is 9.23 Å².